The van der Waals surface area contributed by atoms with Crippen molar-refractivity contribution in [2.45, 2.75) is 46.7 Å². The van der Waals surface area contributed by atoms with Crippen LogP contribution < -0.4 is 10.1 Å². The number of carbonyl (C=O) groups excluding carboxylic acids is 1. The monoisotopic (exact) mass is 279 g/mol. The van der Waals surface area contributed by atoms with Gasteiger partial charge in [0, 0.05) is 12.6 Å². The Bertz CT molecular complexity index is 432. The highest BCUT2D eigenvalue weighted by Crippen LogP contribution is 2.25. The molecule has 0 spiro atoms. The van der Waals surface area contributed by atoms with E-state index in [1.807, 2.05) is 13.8 Å². The molecule has 112 valence electrons. The van der Waals surface area contributed by atoms with Crippen molar-refractivity contribution >= 4 is 5.97 Å². The van der Waals surface area contributed by atoms with E-state index in [9.17, 15) is 4.79 Å². The van der Waals surface area contributed by atoms with E-state index in [4.69, 9.17) is 4.74 Å². The summed E-state index contributed by atoms with van der Waals surface area (Å²) in [7, 11) is 1.38. The van der Waals surface area contributed by atoms with Crippen molar-refractivity contribution < 1.29 is 14.3 Å². The van der Waals surface area contributed by atoms with Crippen LogP contribution in [0.2, 0.25) is 0 Å². The van der Waals surface area contributed by atoms with E-state index in [-0.39, 0.29) is 12.4 Å². The smallest absolute Gasteiger partial charge is 0.308 e. The molecule has 1 aromatic rings. The summed E-state index contributed by atoms with van der Waals surface area (Å²) < 4.78 is 10.3. The first-order chi connectivity index (χ1) is 9.43. The van der Waals surface area contributed by atoms with Gasteiger partial charge in [-0.25, -0.2) is 0 Å². The van der Waals surface area contributed by atoms with Gasteiger partial charge in [-0.15, -0.1) is 0 Å². The van der Waals surface area contributed by atoms with Crippen LogP contribution in [-0.2, 0) is 16.1 Å². The summed E-state index contributed by atoms with van der Waals surface area (Å²) in [5.74, 6) is 0.611. The summed E-state index contributed by atoms with van der Waals surface area (Å²) in [6.45, 7) is 9.51. The Morgan fingerprint density at radius 1 is 1.25 bits per heavy atom. The van der Waals surface area contributed by atoms with Crippen molar-refractivity contribution in [3.05, 3.63) is 28.8 Å². The third-order valence-electron chi connectivity index (χ3n) is 3.01. The Morgan fingerprint density at radius 2 is 1.85 bits per heavy atom. The number of carbonyl (C=O) groups is 1. The molecule has 0 radical (unpaired) electrons. The molecule has 4 heteroatoms. The molecule has 0 aliphatic heterocycles. The van der Waals surface area contributed by atoms with Crippen LogP contribution in [0.5, 0.6) is 5.75 Å². The van der Waals surface area contributed by atoms with Gasteiger partial charge in [-0.2, -0.15) is 0 Å². The van der Waals surface area contributed by atoms with E-state index in [1.54, 1.807) is 0 Å². The van der Waals surface area contributed by atoms with Crippen LogP contribution in [0.1, 0.15) is 37.0 Å². The number of ether oxygens (including phenoxy) is 2. The zero-order valence-electron chi connectivity index (χ0n) is 13.1. The molecule has 1 N–H and O–H groups in total. The molecule has 0 saturated heterocycles. The molecule has 1 rings (SSSR count). The van der Waals surface area contributed by atoms with Crippen molar-refractivity contribution in [1.82, 2.24) is 5.32 Å². The summed E-state index contributed by atoms with van der Waals surface area (Å²) in [6, 6.07) is 4.71. The fraction of sp³-hybridized carbons (Fsp3) is 0.562. The lowest BCUT2D eigenvalue weighted by molar-refractivity contribution is -0.141. The summed E-state index contributed by atoms with van der Waals surface area (Å²) >= 11 is 0. The molecule has 0 unspecified atom stereocenters. The van der Waals surface area contributed by atoms with E-state index in [2.05, 4.69) is 36.0 Å². The van der Waals surface area contributed by atoms with Gasteiger partial charge in [0.25, 0.3) is 0 Å². The van der Waals surface area contributed by atoms with Crippen LogP contribution in [0.15, 0.2) is 12.1 Å². The molecule has 0 saturated carbocycles. The molecule has 1 aromatic carbocycles. The number of hydrogen-bond acceptors (Lipinski definition) is 4. The Labute approximate surface area is 121 Å². The minimum atomic E-state index is -0.252. The predicted molar refractivity (Wildman–Crippen MR) is 80.0 cm³/mol. The quantitative estimate of drug-likeness (QED) is 0.780. The third-order valence-corrected chi connectivity index (χ3v) is 3.01. The maximum Gasteiger partial charge on any atom is 0.308 e. The van der Waals surface area contributed by atoms with Gasteiger partial charge in [-0.1, -0.05) is 26.0 Å². The summed E-state index contributed by atoms with van der Waals surface area (Å²) in [6.07, 6.45) is 0.270. The highest BCUT2D eigenvalue weighted by atomic mass is 16.5. The van der Waals surface area contributed by atoms with E-state index in [1.165, 1.54) is 12.7 Å². The van der Waals surface area contributed by atoms with Gasteiger partial charge in [-0.05, 0) is 30.5 Å². The lowest BCUT2D eigenvalue weighted by atomic mass is 10.1. The maximum atomic E-state index is 11.1. The summed E-state index contributed by atoms with van der Waals surface area (Å²) in [5, 5.41) is 3.40. The molecule has 0 atom stereocenters. The van der Waals surface area contributed by atoms with Gasteiger partial charge >= 0.3 is 5.97 Å². The SMILES string of the molecule is COC(=O)CCOc1c(C)cc(CNC(C)C)cc1C. The number of hydrogen-bond donors (Lipinski definition) is 1. The Morgan fingerprint density at radius 3 is 2.35 bits per heavy atom. The molecular formula is C16H25NO3. The van der Waals surface area contributed by atoms with Crippen molar-refractivity contribution in [1.29, 1.82) is 0 Å². The standard InChI is InChI=1S/C16H25NO3/c1-11(2)17-10-14-8-12(3)16(13(4)9-14)20-7-6-15(18)19-5/h8-9,11,17H,6-7,10H2,1-5H3. The van der Waals surface area contributed by atoms with E-state index >= 15 is 0 Å². The number of aryl methyl sites for hydroxylation is 2. The number of rotatable bonds is 7. The van der Waals surface area contributed by atoms with Crippen molar-refractivity contribution in [2.24, 2.45) is 0 Å². The van der Waals surface area contributed by atoms with Crippen LogP contribution in [-0.4, -0.2) is 25.7 Å². The van der Waals surface area contributed by atoms with Crippen LogP contribution in [0, 0.1) is 13.8 Å². The topological polar surface area (TPSA) is 47.6 Å². The molecule has 0 amide bonds. The molecule has 0 aliphatic rings. The summed E-state index contributed by atoms with van der Waals surface area (Å²) in [4.78, 5) is 11.1. The van der Waals surface area contributed by atoms with E-state index in [0.717, 1.165) is 23.4 Å². The van der Waals surface area contributed by atoms with Crippen molar-refractivity contribution in [2.75, 3.05) is 13.7 Å². The third kappa shape index (κ3) is 5.21. The van der Waals surface area contributed by atoms with Gasteiger partial charge in [0.1, 0.15) is 5.75 Å². The van der Waals surface area contributed by atoms with E-state index in [0.29, 0.717) is 12.6 Å². The Kier molecular flexibility index (Phi) is 6.52. The molecule has 0 fully saturated rings. The average Bonchev–Trinajstić information content (AvgIpc) is 2.39. The van der Waals surface area contributed by atoms with Gasteiger partial charge in [-0.3, -0.25) is 4.79 Å². The van der Waals surface area contributed by atoms with Crippen LogP contribution >= 0.6 is 0 Å². The average molecular weight is 279 g/mol. The van der Waals surface area contributed by atoms with Gasteiger partial charge in [0.2, 0.25) is 0 Å². The first-order valence-corrected chi connectivity index (χ1v) is 6.97. The summed E-state index contributed by atoms with van der Waals surface area (Å²) in [5.41, 5.74) is 3.43. The molecule has 0 aromatic heterocycles. The molecule has 20 heavy (non-hydrogen) atoms. The van der Waals surface area contributed by atoms with Gasteiger partial charge in [0.05, 0.1) is 20.1 Å². The zero-order chi connectivity index (χ0) is 15.1. The zero-order valence-corrected chi connectivity index (χ0v) is 13.1. The molecule has 0 aliphatic carbocycles. The number of benzene rings is 1. The Hall–Kier alpha value is -1.55. The largest absolute Gasteiger partial charge is 0.492 e. The van der Waals surface area contributed by atoms with Crippen LogP contribution in [0.4, 0.5) is 0 Å². The highest BCUT2D eigenvalue weighted by Gasteiger charge is 2.08. The normalized spacial score (nSPS) is 10.7. The van der Waals surface area contributed by atoms with Crippen LogP contribution in [0.3, 0.4) is 0 Å². The lowest BCUT2D eigenvalue weighted by Gasteiger charge is -2.15. The minimum Gasteiger partial charge on any atom is -0.492 e. The second-order valence-electron chi connectivity index (χ2n) is 5.27. The minimum absolute atomic E-state index is 0.252. The molecular weight excluding hydrogens is 254 g/mol. The fourth-order valence-corrected chi connectivity index (χ4v) is 2.03. The molecule has 4 nitrogen and oxygen atoms in total. The molecule has 0 heterocycles. The van der Waals surface area contributed by atoms with Gasteiger partial charge in [0.15, 0.2) is 0 Å². The van der Waals surface area contributed by atoms with Gasteiger partial charge < -0.3 is 14.8 Å². The maximum absolute atomic E-state index is 11.1. The highest BCUT2D eigenvalue weighted by molar-refractivity contribution is 5.69. The van der Waals surface area contributed by atoms with Crippen LogP contribution in [0.25, 0.3) is 0 Å². The first-order valence-electron chi connectivity index (χ1n) is 6.97. The second-order valence-corrected chi connectivity index (χ2v) is 5.27. The number of esters is 1. The molecule has 0 bridgehead atoms. The predicted octanol–water partition coefficient (Wildman–Crippen LogP) is 2.74. The van der Waals surface area contributed by atoms with Crippen molar-refractivity contribution in [3.63, 3.8) is 0 Å². The Balaban J connectivity index is 2.66. The number of nitrogens with one attached hydrogen (secondary N) is 1. The number of methoxy groups -OCH3 is 1. The fourth-order valence-electron chi connectivity index (χ4n) is 2.03. The first kappa shape index (κ1) is 16.5. The van der Waals surface area contributed by atoms with E-state index < -0.39 is 0 Å². The van der Waals surface area contributed by atoms with Crippen molar-refractivity contribution in [3.8, 4) is 5.75 Å². The lowest BCUT2D eigenvalue weighted by Crippen LogP contribution is -2.22. The second kappa shape index (κ2) is 7.90.